The van der Waals surface area contributed by atoms with Gasteiger partial charge in [0.1, 0.15) is 11.9 Å². The normalized spacial score (nSPS) is 17.8. The molecule has 2 aromatic heterocycles. The van der Waals surface area contributed by atoms with Crippen molar-refractivity contribution in [3.63, 3.8) is 0 Å². The highest BCUT2D eigenvalue weighted by molar-refractivity contribution is 6.28. The Morgan fingerprint density at radius 3 is 3.16 bits per heavy atom. The van der Waals surface area contributed by atoms with Crippen LogP contribution in [-0.2, 0) is 27.2 Å². The zero-order chi connectivity index (χ0) is 17.6. The first kappa shape index (κ1) is 17.7. The highest BCUT2D eigenvalue weighted by Gasteiger charge is 2.28. The van der Waals surface area contributed by atoms with Gasteiger partial charge in [0.15, 0.2) is 0 Å². The number of aromatic nitrogens is 7. The molecule has 3 heterocycles. The molecule has 1 amide bonds. The summed E-state index contributed by atoms with van der Waals surface area (Å²) in [6, 6.07) is 0. The Kier molecular flexibility index (Phi) is 5.89. The van der Waals surface area contributed by atoms with Gasteiger partial charge in [-0.15, -0.1) is 15.3 Å². The van der Waals surface area contributed by atoms with Gasteiger partial charge in [-0.25, -0.2) is 4.98 Å². The second-order valence-electron chi connectivity index (χ2n) is 5.49. The predicted molar refractivity (Wildman–Crippen MR) is 84.7 cm³/mol. The number of rotatable bonds is 7. The van der Waals surface area contributed by atoms with Gasteiger partial charge in [-0.2, -0.15) is 4.80 Å². The number of carbonyl (C=O) groups excluding carboxylic acids is 1. The Hall–Kier alpha value is -2.11. The van der Waals surface area contributed by atoms with Crippen LogP contribution in [0.4, 0.5) is 0 Å². The summed E-state index contributed by atoms with van der Waals surface area (Å²) in [6.07, 6.45) is 0.381. The third kappa shape index (κ3) is 4.71. The van der Waals surface area contributed by atoms with Crippen molar-refractivity contribution in [2.24, 2.45) is 0 Å². The fraction of sp³-hybridized carbons (Fsp3) is 0.692. The summed E-state index contributed by atoms with van der Waals surface area (Å²) in [7, 11) is 1.61. The minimum Gasteiger partial charge on any atom is -0.383 e. The Balaban J connectivity index is 1.53. The molecule has 0 aliphatic carbocycles. The lowest BCUT2D eigenvalue weighted by Gasteiger charge is -2.31. The first-order valence-corrected chi connectivity index (χ1v) is 8.26. The molecule has 1 fully saturated rings. The Morgan fingerprint density at radius 2 is 2.40 bits per heavy atom. The van der Waals surface area contributed by atoms with Crippen LogP contribution in [0.1, 0.15) is 24.2 Å². The maximum absolute atomic E-state index is 12.4. The first-order valence-electron chi connectivity index (χ1n) is 7.88. The van der Waals surface area contributed by atoms with Crippen LogP contribution < -0.4 is 0 Å². The van der Waals surface area contributed by atoms with Gasteiger partial charge in [-0.1, -0.05) is 0 Å². The molecule has 0 spiro atoms. The number of amides is 1. The number of morpholine rings is 1. The van der Waals surface area contributed by atoms with E-state index in [0.29, 0.717) is 57.3 Å². The Labute approximate surface area is 148 Å². The topological polar surface area (TPSA) is 124 Å². The number of methoxy groups -OCH3 is 1. The molecule has 136 valence electrons. The van der Waals surface area contributed by atoms with Crippen LogP contribution in [0.15, 0.2) is 0 Å². The molecule has 1 atom stereocenters. The SMILES string of the molecule is COCCn1nnc(C2CN(C(=O)CCc3nc(Cl)n[nH]3)CCO2)n1. The van der Waals surface area contributed by atoms with E-state index in [0.717, 1.165) is 0 Å². The third-order valence-corrected chi connectivity index (χ3v) is 3.92. The molecule has 0 bridgehead atoms. The first-order chi connectivity index (χ1) is 12.2. The van der Waals surface area contributed by atoms with E-state index < -0.39 is 0 Å². The molecule has 12 heteroatoms. The standard InChI is InChI=1S/C13H19ClN8O3/c1-24-6-5-22-19-12(17-20-22)9-8-21(4-7-25-9)11(23)3-2-10-15-13(14)18-16-10/h9H,2-8H2,1H3,(H,15,16,18). The van der Waals surface area contributed by atoms with Crippen molar-refractivity contribution in [2.75, 3.05) is 33.4 Å². The monoisotopic (exact) mass is 370 g/mol. The number of aromatic amines is 1. The molecule has 2 aromatic rings. The number of hydrogen-bond donors (Lipinski definition) is 1. The number of nitrogens with zero attached hydrogens (tertiary/aromatic N) is 7. The molecule has 1 aliphatic heterocycles. The van der Waals surface area contributed by atoms with Crippen LogP contribution in [0.2, 0.25) is 5.28 Å². The molecular formula is C13H19ClN8O3. The summed E-state index contributed by atoms with van der Waals surface area (Å²) in [5, 5.41) is 18.8. The van der Waals surface area contributed by atoms with E-state index in [4.69, 9.17) is 21.1 Å². The minimum absolute atomic E-state index is 0.00703. The second kappa shape index (κ2) is 8.32. The van der Waals surface area contributed by atoms with E-state index >= 15 is 0 Å². The van der Waals surface area contributed by atoms with Crippen LogP contribution >= 0.6 is 11.6 Å². The second-order valence-corrected chi connectivity index (χ2v) is 5.82. The lowest BCUT2D eigenvalue weighted by atomic mass is 10.2. The number of nitrogens with one attached hydrogen (secondary N) is 1. The maximum atomic E-state index is 12.4. The van der Waals surface area contributed by atoms with Gasteiger partial charge in [0.25, 0.3) is 0 Å². The van der Waals surface area contributed by atoms with E-state index in [9.17, 15) is 4.79 Å². The van der Waals surface area contributed by atoms with Crippen LogP contribution in [0.3, 0.4) is 0 Å². The predicted octanol–water partition coefficient (Wildman–Crippen LogP) is -0.376. The summed E-state index contributed by atoms with van der Waals surface area (Å²) in [4.78, 5) is 19.6. The number of H-pyrrole nitrogens is 1. The summed E-state index contributed by atoms with van der Waals surface area (Å²) >= 11 is 5.65. The van der Waals surface area contributed by atoms with Crippen molar-refractivity contribution in [1.82, 2.24) is 40.3 Å². The van der Waals surface area contributed by atoms with Crippen molar-refractivity contribution in [3.8, 4) is 0 Å². The van der Waals surface area contributed by atoms with Crippen molar-refractivity contribution in [1.29, 1.82) is 0 Å². The maximum Gasteiger partial charge on any atom is 0.242 e. The molecular weight excluding hydrogens is 352 g/mol. The number of aryl methyl sites for hydroxylation is 1. The number of halogens is 1. The van der Waals surface area contributed by atoms with Gasteiger partial charge < -0.3 is 14.4 Å². The minimum atomic E-state index is -0.381. The van der Waals surface area contributed by atoms with Crippen molar-refractivity contribution in [3.05, 3.63) is 16.9 Å². The van der Waals surface area contributed by atoms with Gasteiger partial charge in [0.05, 0.1) is 26.3 Å². The van der Waals surface area contributed by atoms with Gasteiger partial charge in [0.2, 0.25) is 17.0 Å². The van der Waals surface area contributed by atoms with E-state index in [1.807, 2.05) is 0 Å². The smallest absolute Gasteiger partial charge is 0.242 e. The van der Waals surface area contributed by atoms with Crippen LogP contribution in [0.5, 0.6) is 0 Å². The molecule has 0 radical (unpaired) electrons. The summed E-state index contributed by atoms with van der Waals surface area (Å²) in [5.74, 6) is 1.06. The highest BCUT2D eigenvalue weighted by atomic mass is 35.5. The molecule has 0 aromatic carbocycles. The lowest BCUT2D eigenvalue weighted by Crippen LogP contribution is -2.42. The van der Waals surface area contributed by atoms with Crippen LogP contribution in [0, 0.1) is 0 Å². The van der Waals surface area contributed by atoms with Crippen molar-refractivity contribution >= 4 is 17.5 Å². The summed E-state index contributed by atoms with van der Waals surface area (Å²) < 4.78 is 10.7. The summed E-state index contributed by atoms with van der Waals surface area (Å²) in [6.45, 7) is 2.36. The number of hydrogen-bond acceptors (Lipinski definition) is 8. The zero-order valence-electron chi connectivity index (χ0n) is 13.8. The quantitative estimate of drug-likeness (QED) is 0.699. The van der Waals surface area contributed by atoms with Gasteiger partial charge >= 0.3 is 0 Å². The van der Waals surface area contributed by atoms with Crippen LogP contribution in [0.25, 0.3) is 0 Å². The fourth-order valence-electron chi connectivity index (χ4n) is 2.45. The molecule has 0 saturated carbocycles. The molecule has 11 nitrogen and oxygen atoms in total. The van der Waals surface area contributed by atoms with Gasteiger partial charge in [0, 0.05) is 26.5 Å². The number of carbonyl (C=O) groups is 1. The molecule has 1 unspecified atom stereocenters. The average molecular weight is 371 g/mol. The van der Waals surface area contributed by atoms with Crippen LogP contribution in [-0.4, -0.2) is 79.6 Å². The lowest BCUT2D eigenvalue weighted by molar-refractivity contribution is -0.139. The number of tetrazole rings is 1. The largest absolute Gasteiger partial charge is 0.383 e. The van der Waals surface area contributed by atoms with Gasteiger partial charge in [-0.3, -0.25) is 9.89 Å². The molecule has 1 saturated heterocycles. The third-order valence-electron chi connectivity index (χ3n) is 3.75. The number of ether oxygens (including phenoxy) is 2. The molecule has 25 heavy (non-hydrogen) atoms. The summed E-state index contributed by atoms with van der Waals surface area (Å²) in [5.41, 5.74) is 0. The Morgan fingerprint density at radius 1 is 1.52 bits per heavy atom. The van der Waals surface area contributed by atoms with E-state index in [-0.39, 0.29) is 17.3 Å². The van der Waals surface area contributed by atoms with E-state index in [1.165, 1.54) is 4.80 Å². The molecule has 3 rings (SSSR count). The van der Waals surface area contributed by atoms with Crippen molar-refractivity contribution < 1.29 is 14.3 Å². The fourth-order valence-corrected chi connectivity index (χ4v) is 2.60. The average Bonchev–Trinajstić information content (AvgIpc) is 3.27. The van der Waals surface area contributed by atoms with E-state index in [1.54, 1.807) is 12.0 Å². The van der Waals surface area contributed by atoms with Crippen molar-refractivity contribution in [2.45, 2.75) is 25.5 Å². The zero-order valence-corrected chi connectivity index (χ0v) is 14.5. The molecule has 1 aliphatic rings. The highest BCUT2D eigenvalue weighted by Crippen LogP contribution is 2.19. The van der Waals surface area contributed by atoms with E-state index in [2.05, 4.69) is 30.6 Å². The Bertz CT molecular complexity index is 705. The molecule has 1 N–H and O–H groups in total. The van der Waals surface area contributed by atoms with Gasteiger partial charge in [-0.05, 0) is 16.8 Å².